The molecule has 0 amide bonds. The fourth-order valence-electron chi connectivity index (χ4n) is 2.47. The smallest absolute Gasteiger partial charge is 0.302 e. The number of carbonyl (C=O) groups excluding carboxylic acids is 1. The monoisotopic (exact) mass is 344 g/mol. The van der Waals surface area contributed by atoms with Crippen molar-refractivity contribution < 1.29 is 14.3 Å². The molecule has 1 fully saturated rings. The SMILES string of the molecule is CC(=O)OC[C@@H]1CC[C@H](Cn2ncc3c(Cl)nc(Cl)nc32)O1. The van der Waals surface area contributed by atoms with Gasteiger partial charge in [-0.05, 0) is 24.4 Å². The van der Waals surface area contributed by atoms with Gasteiger partial charge in [0.05, 0.1) is 30.3 Å². The molecule has 22 heavy (non-hydrogen) atoms. The lowest BCUT2D eigenvalue weighted by molar-refractivity contribution is -0.145. The van der Waals surface area contributed by atoms with Crippen LogP contribution >= 0.6 is 23.2 Å². The zero-order valence-corrected chi connectivity index (χ0v) is 13.3. The maximum Gasteiger partial charge on any atom is 0.302 e. The van der Waals surface area contributed by atoms with Crippen LogP contribution in [-0.2, 0) is 20.8 Å². The van der Waals surface area contributed by atoms with Gasteiger partial charge in [-0.1, -0.05) is 11.6 Å². The summed E-state index contributed by atoms with van der Waals surface area (Å²) in [5.41, 5.74) is 0.581. The molecule has 2 atom stereocenters. The van der Waals surface area contributed by atoms with Crippen LogP contribution in [0.3, 0.4) is 0 Å². The molecule has 2 aromatic rings. The van der Waals surface area contributed by atoms with Crippen LogP contribution < -0.4 is 0 Å². The van der Waals surface area contributed by atoms with Crippen molar-refractivity contribution >= 4 is 40.2 Å². The van der Waals surface area contributed by atoms with Gasteiger partial charge in [-0.3, -0.25) is 4.79 Å². The Morgan fingerprint density at radius 2 is 2.18 bits per heavy atom. The van der Waals surface area contributed by atoms with E-state index in [0.717, 1.165) is 12.8 Å². The summed E-state index contributed by atoms with van der Waals surface area (Å²) in [5, 5.41) is 5.28. The van der Waals surface area contributed by atoms with E-state index in [-0.39, 0.29) is 35.2 Å². The topological polar surface area (TPSA) is 79.1 Å². The molecule has 3 rings (SSSR count). The Kier molecular flexibility index (Phi) is 4.46. The van der Waals surface area contributed by atoms with Crippen molar-refractivity contribution in [3.8, 4) is 0 Å². The Morgan fingerprint density at radius 1 is 1.41 bits per heavy atom. The van der Waals surface area contributed by atoms with Crippen molar-refractivity contribution in [1.82, 2.24) is 19.7 Å². The lowest BCUT2D eigenvalue weighted by atomic mass is 10.2. The van der Waals surface area contributed by atoms with E-state index in [0.29, 0.717) is 17.6 Å². The van der Waals surface area contributed by atoms with Gasteiger partial charge < -0.3 is 9.47 Å². The van der Waals surface area contributed by atoms with E-state index in [1.165, 1.54) is 6.92 Å². The maximum atomic E-state index is 10.8. The predicted molar refractivity (Wildman–Crippen MR) is 79.9 cm³/mol. The Morgan fingerprint density at radius 3 is 2.95 bits per heavy atom. The third-order valence-corrected chi connectivity index (χ3v) is 3.92. The Balaban J connectivity index is 1.68. The zero-order chi connectivity index (χ0) is 15.7. The number of esters is 1. The lowest BCUT2D eigenvalue weighted by Gasteiger charge is -2.14. The molecule has 1 saturated heterocycles. The molecule has 0 bridgehead atoms. The van der Waals surface area contributed by atoms with Crippen LogP contribution in [0.4, 0.5) is 0 Å². The van der Waals surface area contributed by atoms with Gasteiger partial charge in [0, 0.05) is 6.92 Å². The van der Waals surface area contributed by atoms with Crippen molar-refractivity contribution in [3.05, 3.63) is 16.6 Å². The highest BCUT2D eigenvalue weighted by Gasteiger charge is 2.27. The van der Waals surface area contributed by atoms with Crippen LogP contribution in [0.15, 0.2) is 6.20 Å². The summed E-state index contributed by atoms with van der Waals surface area (Å²) in [7, 11) is 0. The maximum absolute atomic E-state index is 10.8. The van der Waals surface area contributed by atoms with E-state index in [1.807, 2.05) is 0 Å². The van der Waals surface area contributed by atoms with Gasteiger partial charge in [0.1, 0.15) is 11.8 Å². The standard InChI is InChI=1S/C13H14Cl2N4O3/c1-7(20)21-6-9-3-2-8(22-9)5-19-12-10(4-16-19)11(14)17-13(15)18-12/h4,8-9H,2-3,5-6H2,1H3/t8-,9+/m1/s1. The van der Waals surface area contributed by atoms with E-state index in [9.17, 15) is 4.79 Å². The van der Waals surface area contributed by atoms with Gasteiger partial charge in [-0.25, -0.2) is 9.67 Å². The number of fused-ring (bicyclic) bond motifs is 1. The number of hydrogen-bond acceptors (Lipinski definition) is 6. The Labute approximate surface area is 136 Å². The van der Waals surface area contributed by atoms with Gasteiger partial charge in [-0.2, -0.15) is 10.1 Å². The van der Waals surface area contributed by atoms with Crippen molar-refractivity contribution in [2.24, 2.45) is 0 Å². The molecular weight excluding hydrogens is 331 g/mol. The summed E-state index contributed by atoms with van der Waals surface area (Å²) in [6.07, 6.45) is 3.22. The van der Waals surface area contributed by atoms with Crippen molar-refractivity contribution in [3.63, 3.8) is 0 Å². The minimum absolute atomic E-state index is 0.0174. The molecule has 0 radical (unpaired) electrons. The van der Waals surface area contributed by atoms with E-state index < -0.39 is 0 Å². The summed E-state index contributed by atoms with van der Waals surface area (Å²) in [6, 6.07) is 0. The van der Waals surface area contributed by atoms with Crippen LogP contribution in [-0.4, -0.2) is 44.5 Å². The van der Waals surface area contributed by atoms with Gasteiger partial charge in [-0.15, -0.1) is 0 Å². The van der Waals surface area contributed by atoms with Crippen LogP contribution in [0, 0.1) is 0 Å². The molecule has 3 heterocycles. The fraction of sp³-hybridized carbons (Fsp3) is 0.538. The van der Waals surface area contributed by atoms with Gasteiger partial charge in [0.25, 0.3) is 0 Å². The third-order valence-electron chi connectivity index (χ3n) is 3.47. The quantitative estimate of drug-likeness (QED) is 0.480. The number of carbonyl (C=O) groups is 1. The number of aromatic nitrogens is 4. The van der Waals surface area contributed by atoms with Crippen LogP contribution in [0.2, 0.25) is 10.4 Å². The number of nitrogens with zero attached hydrogens (tertiary/aromatic N) is 4. The fourth-order valence-corrected chi connectivity index (χ4v) is 2.89. The molecular formula is C13H14Cl2N4O3. The van der Waals surface area contributed by atoms with Crippen molar-refractivity contribution in [1.29, 1.82) is 0 Å². The summed E-state index contributed by atoms with van der Waals surface area (Å²) < 4.78 is 12.5. The summed E-state index contributed by atoms with van der Waals surface area (Å²) in [4.78, 5) is 18.9. The summed E-state index contributed by atoms with van der Waals surface area (Å²) in [6.45, 7) is 2.20. The Bertz CT molecular complexity index is 706. The van der Waals surface area contributed by atoms with E-state index in [4.69, 9.17) is 32.7 Å². The highest BCUT2D eigenvalue weighted by molar-refractivity contribution is 6.35. The first kappa shape index (κ1) is 15.5. The average molecular weight is 345 g/mol. The van der Waals surface area contributed by atoms with Gasteiger partial charge >= 0.3 is 5.97 Å². The van der Waals surface area contributed by atoms with Crippen LogP contribution in [0.25, 0.3) is 11.0 Å². The highest BCUT2D eigenvalue weighted by atomic mass is 35.5. The molecule has 0 unspecified atom stereocenters. The van der Waals surface area contributed by atoms with Crippen LogP contribution in [0.1, 0.15) is 19.8 Å². The highest BCUT2D eigenvalue weighted by Crippen LogP contribution is 2.25. The first-order valence-electron chi connectivity index (χ1n) is 6.86. The van der Waals surface area contributed by atoms with Gasteiger partial charge in [0.2, 0.25) is 5.28 Å². The van der Waals surface area contributed by atoms with Crippen LogP contribution in [0.5, 0.6) is 0 Å². The normalized spacial score (nSPS) is 21.4. The molecule has 0 aromatic carbocycles. The molecule has 0 spiro atoms. The molecule has 2 aromatic heterocycles. The first-order chi connectivity index (χ1) is 10.5. The third kappa shape index (κ3) is 3.31. The first-order valence-corrected chi connectivity index (χ1v) is 7.62. The molecule has 1 aliphatic rings. The average Bonchev–Trinajstić information content (AvgIpc) is 3.05. The second-order valence-corrected chi connectivity index (χ2v) is 5.80. The molecule has 7 nitrogen and oxygen atoms in total. The molecule has 9 heteroatoms. The van der Waals surface area contributed by atoms with Crippen molar-refractivity contribution in [2.45, 2.75) is 38.5 Å². The minimum Gasteiger partial charge on any atom is -0.463 e. The Hall–Kier alpha value is -1.44. The second kappa shape index (κ2) is 6.36. The number of hydrogen-bond donors (Lipinski definition) is 0. The lowest BCUT2D eigenvalue weighted by Crippen LogP contribution is -2.22. The molecule has 0 aliphatic carbocycles. The van der Waals surface area contributed by atoms with Gasteiger partial charge in [0.15, 0.2) is 5.65 Å². The molecule has 0 saturated carbocycles. The van der Waals surface area contributed by atoms with E-state index in [2.05, 4.69) is 15.1 Å². The zero-order valence-electron chi connectivity index (χ0n) is 11.8. The van der Waals surface area contributed by atoms with E-state index in [1.54, 1.807) is 10.9 Å². The summed E-state index contributed by atoms with van der Waals surface area (Å²) in [5.74, 6) is -0.300. The predicted octanol–water partition coefficient (Wildman–Crippen LogP) is 2.24. The molecule has 1 aliphatic heterocycles. The molecule has 118 valence electrons. The largest absolute Gasteiger partial charge is 0.463 e. The number of halogens is 2. The number of ether oxygens (including phenoxy) is 2. The number of rotatable bonds is 4. The molecule has 0 N–H and O–H groups in total. The minimum atomic E-state index is -0.300. The second-order valence-electron chi connectivity index (χ2n) is 5.11. The van der Waals surface area contributed by atoms with E-state index >= 15 is 0 Å². The summed E-state index contributed by atoms with van der Waals surface area (Å²) >= 11 is 11.9. The van der Waals surface area contributed by atoms with Crippen molar-refractivity contribution in [2.75, 3.05) is 6.61 Å².